The van der Waals surface area contributed by atoms with Crippen LogP contribution in [0.15, 0.2) is 16.5 Å². The minimum atomic E-state index is -1.02. The predicted molar refractivity (Wildman–Crippen MR) is 47.4 cm³/mol. The molecule has 2 aromatic rings. The zero-order valence-electron chi connectivity index (χ0n) is 7.73. The summed E-state index contributed by atoms with van der Waals surface area (Å²) in [5.74, 6) is -1.61. The second-order valence-electron chi connectivity index (χ2n) is 2.98. The van der Waals surface area contributed by atoms with E-state index in [4.69, 9.17) is 4.42 Å². The van der Waals surface area contributed by atoms with Crippen molar-refractivity contribution in [3.05, 3.63) is 29.5 Å². The normalized spacial score (nSPS) is 10.9. The van der Waals surface area contributed by atoms with Crippen molar-refractivity contribution in [1.82, 2.24) is 0 Å². The fourth-order valence-electron chi connectivity index (χ4n) is 1.37. The topological polar surface area (TPSA) is 22.4 Å². The summed E-state index contributed by atoms with van der Waals surface area (Å²) in [7, 11) is 1.29. The number of methoxy groups -OCH3 is 1. The van der Waals surface area contributed by atoms with Crippen LogP contribution in [0.2, 0.25) is 0 Å². The average Bonchev–Trinajstić information content (AvgIpc) is 2.52. The molecular weight excluding hydrogens is 190 g/mol. The third kappa shape index (κ3) is 1.14. The summed E-state index contributed by atoms with van der Waals surface area (Å²) in [6.45, 7) is 1.67. The van der Waals surface area contributed by atoms with Crippen LogP contribution in [0.5, 0.6) is 5.75 Å². The first-order valence-corrected chi connectivity index (χ1v) is 4.05. The summed E-state index contributed by atoms with van der Waals surface area (Å²) >= 11 is 0. The van der Waals surface area contributed by atoms with E-state index in [2.05, 4.69) is 4.74 Å². The first kappa shape index (κ1) is 8.99. The van der Waals surface area contributed by atoms with Gasteiger partial charge in [0.15, 0.2) is 11.3 Å². The van der Waals surface area contributed by atoms with Crippen molar-refractivity contribution in [1.29, 1.82) is 0 Å². The van der Waals surface area contributed by atoms with E-state index in [0.717, 1.165) is 0 Å². The van der Waals surface area contributed by atoms with Crippen LogP contribution < -0.4 is 4.74 Å². The van der Waals surface area contributed by atoms with Crippen LogP contribution in [-0.4, -0.2) is 7.11 Å². The lowest BCUT2D eigenvalue weighted by atomic mass is 10.2. The Labute approximate surface area is 79.1 Å². The molecule has 0 aliphatic carbocycles. The zero-order chi connectivity index (χ0) is 10.3. The molecule has 0 fully saturated rings. The first-order chi connectivity index (χ1) is 6.63. The van der Waals surface area contributed by atoms with Crippen molar-refractivity contribution in [2.75, 3.05) is 7.11 Å². The highest BCUT2D eigenvalue weighted by Crippen LogP contribution is 2.30. The van der Waals surface area contributed by atoms with Gasteiger partial charge in [-0.25, -0.2) is 0 Å². The van der Waals surface area contributed by atoms with Crippen molar-refractivity contribution in [3.8, 4) is 5.75 Å². The number of halogens is 2. The molecule has 0 spiro atoms. The highest BCUT2D eigenvalue weighted by molar-refractivity contribution is 5.80. The van der Waals surface area contributed by atoms with E-state index in [-0.39, 0.29) is 11.3 Å². The lowest BCUT2D eigenvalue weighted by Gasteiger charge is -2.01. The molecular formula is C10H8F2O2. The standard InChI is InChI=1S/C10H8F2O2/c1-5-3-6-4-7(13-2)8(11)9(12)10(6)14-5/h3-4H,1-2H3. The second-order valence-corrected chi connectivity index (χ2v) is 2.98. The minimum absolute atomic E-state index is 0.0687. The summed E-state index contributed by atoms with van der Waals surface area (Å²) in [6.07, 6.45) is 0. The summed E-state index contributed by atoms with van der Waals surface area (Å²) in [6, 6.07) is 3.03. The average molecular weight is 198 g/mol. The monoisotopic (exact) mass is 198 g/mol. The summed E-state index contributed by atoms with van der Waals surface area (Å²) < 4.78 is 36.2. The molecule has 1 aromatic carbocycles. The first-order valence-electron chi connectivity index (χ1n) is 4.05. The molecule has 2 nitrogen and oxygen atoms in total. The van der Waals surface area contributed by atoms with Crippen LogP contribution in [0, 0.1) is 18.6 Å². The van der Waals surface area contributed by atoms with Gasteiger partial charge in [0.05, 0.1) is 7.11 Å². The molecule has 1 aromatic heterocycles. The highest BCUT2D eigenvalue weighted by Gasteiger charge is 2.16. The van der Waals surface area contributed by atoms with Gasteiger partial charge >= 0.3 is 0 Å². The molecule has 0 N–H and O–H groups in total. The van der Waals surface area contributed by atoms with Gasteiger partial charge in [-0.1, -0.05) is 0 Å². The summed E-state index contributed by atoms with van der Waals surface area (Å²) in [5.41, 5.74) is -0.0687. The lowest BCUT2D eigenvalue weighted by Crippen LogP contribution is -1.91. The van der Waals surface area contributed by atoms with Gasteiger partial charge in [0, 0.05) is 5.39 Å². The summed E-state index contributed by atoms with van der Waals surface area (Å²) in [4.78, 5) is 0. The molecule has 0 aliphatic rings. The van der Waals surface area contributed by atoms with Crippen molar-refractivity contribution >= 4 is 11.0 Å². The van der Waals surface area contributed by atoms with Crippen LogP contribution >= 0.6 is 0 Å². The third-order valence-corrected chi connectivity index (χ3v) is 2.00. The smallest absolute Gasteiger partial charge is 0.205 e. The molecule has 0 saturated heterocycles. The Balaban J connectivity index is 2.84. The maximum Gasteiger partial charge on any atom is 0.205 e. The number of hydrogen-bond donors (Lipinski definition) is 0. The van der Waals surface area contributed by atoms with E-state index in [9.17, 15) is 8.78 Å². The molecule has 14 heavy (non-hydrogen) atoms. The molecule has 0 aliphatic heterocycles. The fourth-order valence-corrected chi connectivity index (χ4v) is 1.37. The van der Waals surface area contributed by atoms with E-state index in [0.29, 0.717) is 11.1 Å². The lowest BCUT2D eigenvalue weighted by molar-refractivity contribution is 0.371. The Morgan fingerprint density at radius 1 is 1.21 bits per heavy atom. The zero-order valence-corrected chi connectivity index (χ0v) is 7.73. The number of fused-ring (bicyclic) bond motifs is 1. The van der Waals surface area contributed by atoms with Crippen molar-refractivity contribution in [2.45, 2.75) is 6.92 Å². The Morgan fingerprint density at radius 3 is 2.57 bits per heavy atom. The largest absolute Gasteiger partial charge is 0.494 e. The second kappa shape index (κ2) is 2.97. The van der Waals surface area contributed by atoms with Gasteiger partial charge in [0.2, 0.25) is 11.6 Å². The number of aryl methyl sites for hydroxylation is 1. The Hall–Kier alpha value is -1.58. The van der Waals surface area contributed by atoms with E-state index >= 15 is 0 Å². The van der Waals surface area contributed by atoms with Gasteiger partial charge in [0.1, 0.15) is 5.76 Å². The number of furan rings is 1. The Morgan fingerprint density at radius 2 is 1.93 bits per heavy atom. The number of benzene rings is 1. The van der Waals surface area contributed by atoms with E-state index < -0.39 is 11.6 Å². The SMILES string of the molecule is COc1cc2cc(C)oc2c(F)c1F. The quantitative estimate of drug-likeness (QED) is 0.702. The van der Waals surface area contributed by atoms with Gasteiger partial charge in [-0.3, -0.25) is 0 Å². The molecule has 74 valence electrons. The van der Waals surface area contributed by atoms with Crippen LogP contribution in [0.3, 0.4) is 0 Å². The molecule has 0 unspecified atom stereocenters. The van der Waals surface area contributed by atoms with E-state index in [1.165, 1.54) is 13.2 Å². The molecule has 0 atom stereocenters. The maximum absolute atomic E-state index is 13.3. The van der Waals surface area contributed by atoms with E-state index in [1.807, 2.05) is 0 Å². The van der Waals surface area contributed by atoms with Crippen LogP contribution in [0.4, 0.5) is 8.78 Å². The predicted octanol–water partition coefficient (Wildman–Crippen LogP) is 3.03. The van der Waals surface area contributed by atoms with Crippen molar-refractivity contribution in [3.63, 3.8) is 0 Å². The molecule has 0 radical (unpaired) electrons. The Bertz CT molecular complexity index is 488. The fraction of sp³-hybridized carbons (Fsp3) is 0.200. The van der Waals surface area contributed by atoms with Crippen molar-refractivity contribution < 1.29 is 17.9 Å². The molecule has 0 saturated carbocycles. The van der Waals surface area contributed by atoms with Crippen LogP contribution in [-0.2, 0) is 0 Å². The Kier molecular flexibility index (Phi) is 1.91. The summed E-state index contributed by atoms with van der Waals surface area (Å²) in [5, 5.41) is 0.498. The number of ether oxygens (including phenoxy) is 1. The number of rotatable bonds is 1. The van der Waals surface area contributed by atoms with Crippen LogP contribution in [0.1, 0.15) is 5.76 Å². The van der Waals surface area contributed by atoms with Crippen molar-refractivity contribution in [2.24, 2.45) is 0 Å². The molecule has 4 heteroatoms. The third-order valence-electron chi connectivity index (χ3n) is 2.00. The molecule has 2 rings (SSSR count). The minimum Gasteiger partial charge on any atom is -0.494 e. The number of hydrogen-bond acceptors (Lipinski definition) is 2. The van der Waals surface area contributed by atoms with Gasteiger partial charge in [-0.15, -0.1) is 0 Å². The van der Waals surface area contributed by atoms with Gasteiger partial charge < -0.3 is 9.15 Å². The van der Waals surface area contributed by atoms with Crippen LogP contribution in [0.25, 0.3) is 11.0 Å². The van der Waals surface area contributed by atoms with Gasteiger partial charge in [-0.2, -0.15) is 8.78 Å². The molecule has 1 heterocycles. The van der Waals surface area contributed by atoms with E-state index in [1.54, 1.807) is 13.0 Å². The molecule has 0 bridgehead atoms. The van der Waals surface area contributed by atoms with Gasteiger partial charge in [-0.05, 0) is 19.1 Å². The maximum atomic E-state index is 13.3. The highest BCUT2D eigenvalue weighted by atomic mass is 19.2. The molecule has 0 amide bonds. The van der Waals surface area contributed by atoms with Gasteiger partial charge in [0.25, 0.3) is 0 Å².